The first-order valence-corrected chi connectivity index (χ1v) is 13.2. The molecule has 0 spiro atoms. The maximum Gasteiger partial charge on any atom is 0.226 e. The Morgan fingerprint density at radius 1 is 1.06 bits per heavy atom. The van der Waals surface area contributed by atoms with Gasteiger partial charge in [0.25, 0.3) is 0 Å². The van der Waals surface area contributed by atoms with Gasteiger partial charge in [0.05, 0.1) is 6.67 Å². The number of benzene rings is 1. The minimum Gasteiger partial charge on any atom is -0.356 e. The molecular formula is C25H35FN6OS. The number of carbonyl (C=O) groups excluding carboxylic acids is 1. The molecule has 0 bridgehead atoms. The number of amides is 1. The van der Waals surface area contributed by atoms with Gasteiger partial charge in [-0.2, -0.15) is 0 Å². The third-order valence-electron chi connectivity index (χ3n) is 7.35. The van der Waals surface area contributed by atoms with Crippen LogP contribution in [-0.2, 0) is 17.9 Å². The Bertz CT molecular complexity index is 1050. The summed E-state index contributed by atoms with van der Waals surface area (Å²) in [7, 11) is 0. The van der Waals surface area contributed by atoms with E-state index in [1.165, 1.54) is 38.2 Å². The van der Waals surface area contributed by atoms with Crippen molar-refractivity contribution in [3.63, 3.8) is 0 Å². The first kappa shape index (κ1) is 23.5. The molecule has 0 radical (unpaired) electrons. The van der Waals surface area contributed by atoms with Crippen molar-refractivity contribution in [3.05, 3.63) is 40.4 Å². The van der Waals surface area contributed by atoms with Gasteiger partial charge in [0.1, 0.15) is 5.82 Å². The average molecular weight is 487 g/mol. The first-order chi connectivity index (χ1) is 16.6. The summed E-state index contributed by atoms with van der Waals surface area (Å²) >= 11 is 5.85. The van der Waals surface area contributed by atoms with Crippen LogP contribution in [-0.4, -0.2) is 57.9 Å². The molecule has 34 heavy (non-hydrogen) atoms. The molecule has 9 heteroatoms. The van der Waals surface area contributed by atoms with Gasteiger partial charge in [0, 0.05) is 44.7 Å². The Hall–Kier alpha value is -2.26. The Morgan fingerprint density at radius 2 is 1.79 bits per heavy atom. The highest BCUT2D eigenvalue weighted by Crippen LogP contribution is 2.38. The van der Waals surface area contributed by atoms with Crippen molar-refractivity contribution in [3.8, 4) is 0 Å². The molecule has 1 aliphatic carbocycles. The van der Waals surface area contributed by atoms with Crippen LogP contribution >= 0.6 is 12.2 Å². The van der Waals surface area contributed by atoms with Crippen LogP contribution < -0.4 is 10.2 Å². The largest absolute Gasteiger partial charge is 0.356 e. The van der Waals surface area contributed by atoms with E-state index in [1.807, 2.05) is 10.7 Å². The Kier molecular flexibility index (Phi) is 7.29. The molecule has 0 atom stereocenters. The molecule has 184 valence electrons. The fourth-order valence-electron chi connectivity index (χ4n) is 5.15. The van der Waals surface area contributed by atoms with E-state index >= 15 is 0 Å². The normalized spacial score (nSPS) is 20.0. The van der Waals surface area contributed by atoms with E-state index in [1.54, 1.807) is 12.1 Å². The predicted molar refractivity (Wildman–Crippen MR) is 133 cm³/mol. The van der Waals surface area contributed by atoms with E-state index in [0.29, 0.717) is 31.2 Å². The van der Waals surface area contributed by atoms with Gasteiger partial charge in [0.2, 0.25) is 16.6 Å². The minimum absolute atomic E-state index is 0.0118. The smallest absolute Gasteiger partial charge is 0.226 e. The number of halogens is 1. The number of nitrogens with zero attached hydrogens (tertiary/aromatic N) is 5. The molecule has 2 saturated heterocycles. The molecule has 2 aromatic rings. The average Bonchev–Trinajstić information content (AvgIpc) is 3.65. The molecule has 7 nitrogen and oxygen atoms in total. The highest BCUT2D eigenvalue weighted by Gasteiger charge is 2.32. The fourth-order valence-corrected chi connectivity index (χ4v) is 5.48. The minimum atomic E-state index is -0.212. The van der Waals surface area contributed by atoms with Gasteiger partial charge in [-0.3, -0.25) is 14.3 Å². The molecule has 1 N–H and O–H groups in total. The first-order valence-electron chi connectivity index (χ1n) is 12.8. The lowest BCUT2D eigenvalue weighted by Gasteiger charge is -2.31. The third-order valence-corrected chi connectivity index (χ3v) is 7.75. The predicted octanol–water partition coefficient (Wildman–Crippen LogP) is 3.91. The molecular weight excluding hydrogens is 451 g/mol. The van der Waals surface area contributed by atoms with Gasteiger partial charge in [-0.05, 0) is 75.2 Å². The number of hydrogen-bond donors (Lipinski definition) is 1. The number of anilines is 1. The Labute approximate surface area is 205 Å². The van der Waals surface area contributed by atoms with E-state index in [9.17, 15) is 9.18 Å². The summed E-state index contributed by atoms with van der Waals surface area (Å²) in [5.74, 6) is 0.934. The van der Waals surface area contributed by atoms with Crippen molar-refractivity contribution in [1.29, 1.82) is 0 Å². The number of piperidine rings is 2. The zero-order valence-corrected chi connectivity index (χ0v) is 20.6. The number of rotatable bonds is 8. The number of hydrogen-bond acceptors (Lipinski definition) is 5. The van der Waals surface area contributed by atoms with E-state index in [4.69, 9.17) is 17.3 Å². The van der Waals surface area contributed by atoms with Crippen LogP contribution in [0.3, 0.4) is 0 Å². The molecule has 0 unspecified atom stereocenters. The maximum atomic E-state index is 13.8. The summed E-state index contributed by atoms with van der Waals surface area (Å²) in [6, 6.07) is 7.25. The summed E-state index contributed by atoms with van der Waals surface area (Å²) in [4.78, 5) is 17.4. The van der Waals surface area contributed by atoms with Gasteiger partial charge in [-0.15, -0.1) is 5.10 Å². The molecule has 5 rings (SSSR count). The Morgan fingerprint density at radius 3 is 2.50 bits per heavy atom. The number of likely N-dealkylation sites (tertiary alicyclic amines) is 1. The lowest BCUT2D eigenvalue weighted by Crippen LogP contribution is -2.41. The maximum absolute atomic E-state index is 13.8. The van der Waals surface area contributed by atoms with Gasteiger partial charge in [-0.1, -0.05) is 18.2 Å². The second kappa shape index (κ2) is 10.6. The van der Waals surface area contributed by atoms with Crippen molar-refractivity contribution >= 4 is 24.1 Å². The van der Waals surface area contributed by atoms with Crippen LogP contribution in [0.25, 0.3) is 0 Å². The zero-order chi connectivity index (χ0) is 23.5. The highest BCUT2D eigenvalue weighted by atomic mass is 32.1. The van der Waals surface area contributed by atoms with Gasteiger partial charge in [-0.25, -0.2) is 9.07 Å². The van der Waals surface area contributed by atoms with Gasteiger partial charge >= 0.3 is 0 Å². The van der Waals surface area contributed by atoms with E-state index in [-0.39, 0.29) is 17.6 Å². The third kappa shape index (κ3) is 5.35. The van der Waals surface area contributed by atoms with E-state index < -0.39 is 0 Å². The number of aromatic nitrogens is 3. The van der Waals surface area contributed by atoms with Crippen LogP contribution in [0.1, 0.15) is 56.6 Å². The number of carbonyl (C=O) groups is 1. The van der Waals surface area contributed by atoms with Gasteiger partial charge < -0.3 is 10.2 Å². The van der Waals surface area contributed by atoms with Crippen molar-refractivity contribution in [2.45, 2.75) is 64.1 Å². The molecule has 1 saturated carbocycles. The van der Waals surface area contributed by atoms with E-state index in [0.717, 1.165) is 49.7 Å². The molecule has 3 aliphatic rings. The lowest BCUT2D eigenvalue weighted by atomic mass is 9.96. The summed E-state index contributed by atoms with van der Waals surface area (Å²) in [5.41, 5.74) is 0.643. The quantitative estimate of drug-likeness (QED) is 0.574. The highest BCUT2D eigenvalue weighted by molar-refractivity contribution is 7.71. The van der Waals surface area contributed by atoms with Crippen molar-refractivity contribution in [2.75, 3.05) is 37.6 Å². The molecule has 3 fully saturated rings. The van der Waals surface area contributed by atoms with Gasteiger partial charge in [0.15, 0.2) is 0 Å². The van der Waals surface area contributed by atoms with Crippen molar-refractivity contribution < 1.29 is 9.18 Å². The topological polar surface area (TPSA) is 58.3 Å². The summed E-state index contributed by atoms with van der Waals surface area (Å²) in [5, 5.41) is 7.97. The fraction of sp³-hybridized carbons (Fsp3) is 0.640. The molecule has 2 aliphatic heterocycles. The van der Waals surface area contributed by atoms with Crippen LogP contribution in [0.5, 0.6) is 0 Å². The molecule has 1 aromatic carbocycles. The van der Waals surface area contributed by atoms with Crippen molar-refractivity contribution in [2.24, 2.45) is 5.92 Å². The zero-order valence-electron chi connectivity index (χ0n) is 19.8. The standard InChI is InChI=1S/C25H35FN6OS/c26-22-7-3-2-6-19(22)10-13-27-23(33)20-11-16-29(17-12-20)18-31-25(34)32(21-8-9-21)24(28-31)30-14-4-1-5-15-30/h2-3,6-7,20-21H,1,4-5,8-18H2,(H,27,33). The second-order valence-electron chi connectivity index (χ2n) is 9.90. The summed E-state index contributed by atoms with van der Waals surface area (Å²) < 4.78 is 18.9. The Balaban J connectivity index is 1.13. The second-order valence-corrected chi connectivity index (χ2v) is 10.3. The molecule has 3 heterocycles. The number of nitrogens with one attached hydrogen (secondary N) is 1. The lowest BCUT2D eigenvalue weighted by molar-refractivity contribution is -0.126. The molecule has 1 amide bonds. The SMILES string of the molecule is O=C(NCCc1ccccc1F)C1CCN(Cn2nc(N3CCCCC3)n(C3CC3)c2=S)CC1. The summed E-state index contributed by atoms with van der Waals surface area (Å²) in [6.45, 7) is 4.98. The summed E-state index contributed by atoms with van der Waals surface area (Å²) in [6.07, 6.45) is 8.28. The molecule has 1 aromatic heterocycles. The van der Waals surface area contributed by atoms with Crippen LogP contribution in [0.2, 0.25) is 0 Å². The monoisotopic (exact) mass is 486 g/mol. The van der Waals surface area contributed by atoms with Crippen LogP contribution in [0.15, 0.2) is 24.3 Å². The van der Waals surface area contributed by atoms with Crippen LogP contribution in [0.4, 0.5) is 10.3 Å². The van der Waals surface area contributed by atoms with E-state index in [2.05, 4.69) is 19.7 Å². The van der Waals surface area contributed by atoms with Crippen LogP contribution in [0, 0.1) is 16.5 Å². The van der Waals surface area contributed by atoms with Crippen molar-refractivity contribution in [1.82, 2.24) is 24.6 Å².